The van der Waals surface area contributed by atoms with Gasteiger partial charge in [-0.2, -0.15) is 0 Å². The predicted molar refractivity (Wildman–Crippen MR) is 79.9 cm³/mol. The summed E-state index contributed by atoms with van der Waals surface area (Å²) in [6, 6.07) is 2.25. The van der Waals surface area contributed by atoms with Gasteiger partial charge < -0.3 is 10.5 Å². The van der Waals surface area contributed by atoms with Crippen molar-refractivity contribution < 1.29 is 24.0 Å². The molecule has 10 heteroatoms. The van der Waals surface area contributed by atoms with Crippen LogP contribution < -0.4 is 11.1 Å². The highest BCUT2D eigenvalue weighted by Gasteiger charge is 2.30. The Bertz CT molecular complexity index is 661. The molecule has 0 bridgehead atoms. The number of primary amides is 1. The lowest BCUT2D eigenvalue weighted by Gasteiger charge is -2.19. The van der Waals surface area contributed by atoms with Crippen molar-refractivity contribution >= 4 is 35.2 Å². The second kappa shape index (κ2) is 7.54. The van der Waals surface area contributed by atoms with E-state index >= 15 is 0 Å². The van der Waals surface area contributed by atoms with Crippen LogP contribution in [0.3, 0.4) is 0 Å². The molecular weight excluding hydrogens is 330 g/mol. The quantitative estimate of drug-likeness (QED) is 0.472. The molecule has 0 aliphatic heterocycles. The number of amides is 3. The Hall–Kier alpha value is -2.68. The van der Waals surface area contributed by atoms with Crippen molar-refractivity contribution in [1.29, 1.82) is 0 Å². The molecule has 0 spiro atoms. The van der Waals surface area contributed by atoms with Crippen LogP contribution in [0.4, 0.5) is 10.5 Å². The van der Waals surface area contributed by atoms with Crippen LogP contribution in [0, 0.1) is 16.0 Å². The third-order valence-electron chi connectivity index (χ3n) is 2.72. The second-order valence-electron chi connectivity index (χ2n) is 4.84. The number of halogens is 1. The first-order valence-corrected chi connectivity index (χ1v) is 6.76. The van der Waals surface area contributed by atoms with E-state index in [4.69, 9.17) is 22.1 Å². The number of hydrogen-bond donors (Lipinski definition) is 2. The zero-order chi connectivity index (χ0) is 17.7. The Morgan fingerprint density at radius 3 is 2.43 bits per heavy atom. The van der Waals surface area contributed by atoms with Gasteiger partial charge in [-0.25, -0.2) is 9.59 Å². The normalized spacial score (nSPS) is 11.7. The first-order chi connectivity index (χ1) is 10.6. The average molecular weight is 344 g/mol. The van der Waals surface area contributed by atoms with Crippen LogP contribution in [-0.4, -0.2) is 28.9 Å². The van der Waals surface area contributed by atoms with Gasteiger partial charge in [-0.3, -0.25) is 20.2 Å². The van der Waals surface area contributed by atoms with Gasteiger partial charge in [0.2, 0.25) is 0 Å². The lowest BCUT2D eigenvalue weighted by molar-refractivity contribution is -0.385. The van der Waals surface area contributed by atoms with Gasteiger partial charge in [0.1, 0.15) is 5.56 Å². The number of nitrogens with two attached hydrogens (primary N) is 1. The molecule has 124 valence electrons. The Labute approximate surface area is 135 Å². The average Bonchev–Trinajstić information content (AvgIpc) is 2.42. The third kappa shape index (κ3) is 4.92. The van der Waals surface area contributed by atoms with E-state index in [1.165, 1.54) is 6.07 Å². The molecule has 0 unspecified atom stereocenters. The van der Waals surface area contributed by atoms with Crippen LogP contribution in [0.1, 0.15) is 24.2 Å². The smallest absolute Gasteiger partial charge is 0.346 e. The van der Waals surface area contributed by atoms with Crippen molar-refractivity contribution in [3.05, 3.63) is 38.9 Å². The Morgan fingerprint density at radius 1 is 1.35 bits per heavy atom. The maximum Gasteiger partial charge on any atom is 0.346 e. The van der Waals surface area contributed by atoms with Crippen molar-refractivity contribution in [2.24, 2.45) is 11.7 Å². The number of nitro groups is 1. The molecule has 1 aromatic carbocycles. The molecule has 0 saturated carbocycles. The monoisotopic (exact) mass is 343 g/mol. The van der Waals surface area contributed by atoms with Gasteiger partial charge in [-0.15, -0.1) is 0 Å². The van der Waals surface area contributed by atoms with Crippen molar-refractivity contribution in [2.45, 2.75) is 20.0 Å². The second-order valence-corrected chi connectivity index (χ2v) is 5.28. The molecular formula is C13H14ClN3O6. The molecule has 0 fully saturated rings. The summed E-state index contributed by atoms with van der Waals surface area (Å²) in [5, 5.41) is 12.8. The fourth-order valence-electron chi connectivity index (χ4n) is 1.69. The summed E-state index contributed by atoms with van der Waals surface area (Å²) in [5.41, 5.74) is 3.92. The molecule has 0 heterocycles. The van der Waals surface area contributed by atoms with E-state index in [0.717, 1.165) is 12.1 Å². The number of ether oxygens (including phenoxy) is 1. The molecule has 23 heavy (non-hydrogen) atoms. The van der Waals surface area contributed by atoms with E-state index in [1.54, 1.807) is 19.2 Å². The van der Waals surface area contributed by atoms with E-state index in [2.05, 4.69) is 0 Å². The number of nitrogens with zero attached hydrogens (tertiary/aromatic N) is 1. The maximum absolute atomic E-state index is 12.1. The van der Waals surface area contributed by atoms with Crippen LogP contribution in [0.25, 0.3) is 0 Å². The number of esters is 1. The van der Waals surface area contributed by atoms with Crippen LogP contribution >= 0.6 is 11.6 Å². The highest BCUT2D eigenvalue weighted by atomic mass is 35.5. The number of nitrogens with one attached hydrogen (secondary N) is 1. The maximum atomic E-state index is 12.1. The van der Waals surface area contributed by atoms with Gasteiger partial charge in [-0.05, 0) is 18.1 Å². The molecule has 9 nitrogen and oxygen atoms in total. The number of rotatable bonds is 5. The fourth-order valence-corrected chi connectivity index (χ4v) is 1.87. The number of urea groups is 1. The highest BCUT2D eigenvalue weighted by molar-refractivity contribution is 6.31. The standard InChI is InChI=1S/C13H14ClN3O6/c1-6(2)10(11(18)16-13(15)20)23-12(19)8-5-7(14)3-4-9(8)17(21)22/h3-6,10H,1-2H3,(H3,15,16,18,20)/t10-/m1/s1. The van der Waals surface area contributed by atoms with E-state index in [-0.39, 0.29) is 5.02 Å². The minimum atomic E-state index is -1.35. The van der Waals surface area contributed by atoms with Gasteiger partial charge in [-0.1, -0.05) is 25.4 Å². The van der Waals surface area contributed by atoms with Crippen molar-refractivity contribution in [3.63, 3.8) is 0 Å². The fraction of sp³-hybridized carbons (Fsp3) is 0.308. The summed E-state index contributed by atoms with van der Waals surface area (Å²) in [4.78, 5) is 44.8. The Morgan fingerprint density at radius 2 is 1.96 bits per heavy atom. The Balaban J connectivity index is 3.09. The number of imide groups is 1. The zero-order valence-corrected chi connectivity index (χ0v) is 13.0. The van der Waals surface area contributed by atoms with E-state index in [1.807, 2.05) is 0 Å². The number of nitro benzene ring substituents is 1. The molecule has 1 aromatic rings. The topological polar surface area (TPSA) is 142 Å². The van der Waals surface area contributed by atoms with Gasteiger partial charge in [0, 0.05) is 11.1 Å². The van der Waals surface area contributed by atoms with Gasteiger partial charge in [0.25, 0.3) is 11.6 Å². The van der Waals surface area contributed by atoms with Crippen molar-refractivity contribution in [1.82, 2.24) is 5.32 Å². The van der Waals surface area contributed by atoms with Crippen molar-refractivity contribution in [2.75, 3.05) is 0 Å². The number of benzene rings is 1. The predicted octanol–water partition coefficient (Wildman–Crippen LogP) is 1.62. The minimum Gasteiger partial charge on any atom is -0.448 e. The molecule has 1 rings (SSSR count). The molecule has 0 saturated heterocycles. The van der Waals surface area contributed by atoms with E-state index < -0.39 is 46.1 Å². The molecule has 3 amide bonds. The third-order valence-corrected chi connectivity index (χ3v) is 2.95. The zero-order valence-electron chi connectivity index (χ0n) is 12.2. The Kier molecular flexibility index (Phi) is 6.02. The minimum absolute atomic E-state index is 0.0882. The van der Waals surface area contributed by atoms with Crippen LogP contribution in [0.15, 0.2) is 18.2 Å². The molecule has 0 radical (unpaired) electrons. The summed E-state index contributed by atoms with van der Waals surface area (Å²) in [6.45, 7) is 3.12. The van der Waals surface area contributed by atoms with Crippen LogP contribution in [0.5, 0.6) is 0 Å². The molecule has 3 N–H and O–H groups in total. The molecule has 0 aliphatic carbocycles. The number of carbonyl (C=O) groups excluding carboxylic acids is 3. The summed E-state index contributed by atoms with van der Waals surface area (Å²) in [5.74, 6) is -2.54. The largest absolute Gasteiger partial charge is 0.448 e. The summed E-state index contributed by atoms with van der Waals surface area (Å²) in [7, 11) is 0. The van der Waals surface area contributed by atoms with Gasteiger partial charge >= 0.3 is 12.0 Å². The highest BCUT2D eigenvalue weighted by Crippen LogP contribution is 2.24. The molecule has 0 aliphatic rings. The van der Waals surface area contributed by atoms with Crippen LogP contribution in [0.2, 0.25) is 5.02 Å². The summed E-state index contributed by atoms with van der Waals surface area (Å²) >= 11 is 5.73. The summed E-state index contributed by atoms with van der Waals surface area (Å²) in [6.07, 6.45) is -1.35. The van der Waals surface area contributed by atoms with E-state index in [9.17, 15) is 24.5 Å². The van der Waals surface area contributed by atoms with Gasteiger partial charge in [0.15, 0.2) is 6.10 Å². The number of hydrogen-bond acceptors (Lipinski definition) is 6. The van der Waals surface area contributed by atoms with Crippen molar-refractivity contribution in [3.8, 4) is 0 Å². The lowest BCUT2D eigenvalue weighted by Crippen LogP contribution is -2.45. The lowest BCUT2D eigenvalue weighted by atomic mass is 10.1. The summed E-state index contributed by atoms with van der Waals surface area (Å²) < 4.78 is 4.98. The van der Waals surface area contributed by atoms with E-state index in [0.29, 0.717) is 0 Å². The SMILES string of the molecule is CC(C)[C@@H](OC(=O)c1cc(Cl)ccc1[N+](=O)[O-])C(=O)NC(N)=O. The van der Waals surface area contributed by atoms with Gasteiger partial charge in [0.05, 0.1) is 4.92 Å². The molecule has 1 atom stereocenters. The van der Waals surface area contributed by atoms with Crippen LogP contribution in [-0.2, 0) is 9.53 Å². The first kappa shape index (κ1) is 18.4. The first-order valence-electron chi connectivity index (χ1n) is 6.38. The number of carbonyl (C=O) groups is 3. The molecule has 0 aromatic heterocycles.